The first-order chi connectivity index (χ1) is 27.7. The Morgan fingerprint density at radius 1 is 0.759 bits per heavy atom. The zero-order valence-corrected chi connectivity index (χ0v) is 31.9. The Morgan fingerprint density at radius 2 is 1.33 bits per heavy atom. The lowest BCUT2D eigenvalue weighted by Crippen LogP contribution is -2.15. The Morgan fingerprint density at radius 3 is 1.90 bits per heavy atom. The summed E-state index contributed by atoms with van der Waals surface area (Å²) in [6.07, 6.45) is 1.96. The molecule has 13 nitrogen and oxygen atoms in total. The van der Waals surface area contributed by atoms with E-state index in [0.29, 0.717) is 51.0 Å². The van der Waals surface area contributed by atoms with Crippen molar-refractivity contribution >= 4 is 56.9 Å². The molecule has 1 fully saturated rings. The van der Waals surface area contributed by atoms with Crippen molar-refractivity contribution in [1.82, 2.24) is 39.5 Å². The number of amides is 2. The molecular weight excluding hydrogens is 794 g/mol. The summed E-state index contributed by atoms with van der Waals surface area (Å²) in [7, 11) is 0. The van der Waals surface area contributed by atoms with Crippen LogP contribution in [-0.2, 0) is 46.2 Å². The van der Waals surface area contributed by atoms with Crippen LogP contribution >= 0.6 is 11.6 Å². The van der Waals surface area contributed by atoms with Crippen LogP contribution in [0.1, 0.15) is 73.4 Å². The highest BCUT2D eigenvalue weighted by Gasteiger charge is 2.38. The van der Waals surface area contributed by atoms with Gasteiger partial charge in [-0.05, 0) is 73.2 Å². The van der Waals surface area contributed by atoms with Gasteiger partial charge in [-0.2, -0.15) is 36.5 Å². The lowest BCUT2D eigenvalue weighted by Gasteiger charge is -2.12. The number of anilines is 2. The number of carbonyl (C=O) groups excluding carboxylic acids is 2. The summed E-state index contributed by atoms with van der Waals surface area (Å²) in [5.41, 5.74) is 1.41. The topological polar surface area (TPSA) is 155 Å². The number of hydrogen-bond acceptors (Lipinski definition) is 9. The molecule has 1 unspecified atom stereocenters. The van der Waals surface area contributed by atoms with Gasteiger partial charge in [-0.3, -0.25) is 19.0 Å². The summed E-state index contributed by atoms with van der Waals surface area (Å²) in [6.45, 7) is 7.64. The minimum atomic E-state index is -4.49. The summed E-state index contributed by atoms with van der Waals surface area (Å²) in [5, 5.41) is 15.5. The van der Waals surface area contributed by atoms with Gasteiger partial charge in [0.15, 0.2) is 11.3 Å². The number of fused-ring (bicyclic) bond motifs is 4. The predicted molar refractivity (Wildman–Crippen MR) is 202 cm³/mol. The highest BCUT2D eigenvalue weighted by Crippen LogP contribution is 2.42. The third kappa shape index (κ3) is 9.87. The number of carbonyl (C=O) groups is 2. The van der Waals surface area contributed by atoms with E-state index in [0.717, 1.165) is 62.3 Å². The molecule has 2 N–H and O–H groups in total. The monoisotopic (exact) mass is 830 g/mol. The maximum Gasteiger partial charge on any atom is 0.416 e. The molecule has 4 aromatic heterocycles. The second kappa shape index (κ2) is 17.8. The largest absolute Gasteiger partial charge is 0.416 e. The normalized spacial score (nSPS) is 15.7. The lowest BCUT2D eigenvalue weighted by molar-refractivity contribution is -0.138. The van der Waals surface area contributed by atoms with Crippen LogP contribution in [0.5, 0.6) is 0 Å². The summed E-state index contributed by atoms with van der Waals surface area (Å²) >= 11 is 5.87. The highest BCUT2D eigenvalue weighted by atomic mass is 35.5. The molecule has 0 bridgehead atoms. The van der Waals surface area contributed by atoms with Gasteiger partial charge in [0.1, 0.15) is 23.7 Å². The van der Waals surface area contributed by atoms with E-state index in [2.05, 4.69) is 47.7 Å². The first kappa shape index (κ1) is 41.9. The molecule has 0 aliphatic carbocycles. The molecule has 0 radical (unpaired) electrons. The standard InChI is InChI=1S/C17H14F3N5O.C9H6F3NO.C8H9ClN4.C4H8O/c1-2-5-25-7-11-14(21-8-22-15(11)24-25)13-10-6-9(17(18,19)20)3-4-12(10)23-16(13)26;10-9(11,12)6-1-2-7-5(3-6)4-8(14)13-7;1-2-3-13-4-6-7(9)10-5-11-8(6)12-13;1-2-4-5-3-1/h3-4,6-8,13H,2,5H2,1H3,(H,23,26);1-3H,4H2,(H,13,14);4-5H,2-3H2,1H3;1-4H2. The van der Waals surface area contributed by atoms with E-state index in [1.807, 2.05) is 17.8 Å². The number of hydrogen-bond donors (Lipinski definition) is 2. The Hall–Kier alpha value is -5.69. The number of rotatable bonds is 5. The van der Waals surface area contributed by atoms with Crippen molar-refractivity contribution in [2.45, 2.75) is 77.3 Å². The molecule has 1 saturated heterocycles. The van der Waals surface area contributed by atoms with E-state index in [9.17, 15) is 35.9 Å². The smallest absolute Gasteiger partial charge is 0.381 e. The maximum atomic E-state index is 13.1. The molecule has 2 aromatic carbocycles. The molecule has 20 heteroatoms. The van der Waals surface area contributed by atoms with E-state index in [-0.39, 0.29) is 17.9 Å². The number of ether oxygens (including phenoxy) is 1. The quantitative estimate of drug-likeness (QED) is 0.129. The van der Waals surface area contributed by atoms with E-state index in [1.165, 1.54) is 37.6 Å². The van der Waals surface area contributed by atoms with E-state index >= 15 is 0 Å². The SMILES string of the molecule is C1CCOC1.CCCn1cc2c(C3C(=O)Nc4ccc(C(F)(F)F)cc43)ncnc2n1.CCCn1cc2c(Cl)ncnc2n1.O=C1Cc2cc(C(F)(F)F)ccc2N1. The summed E-state index contributed by atoms with van der Waals surface area (Å²) in [5.74, 6) is -1.61. The first-order valence-corrected chi connectivity index (χ1v) is 18.7. The van der Waals surface area contributed by atoms with Crippen molar-refractivity contribution in [3.8, 4) is 0 Å². The lowest BCUT2D eigenvalue weighted by atomic mass is 9.94. The van der Waals surface area contributed by atoms with Gasteiger partial charge < -0.3 is 15.4 Å². The minimum Gasteiger partial charge on any atom is -0.381 e. The number of nitrogens with one attached hydrogen (secondary N) is 2. The predicted octanol–water partition coefficient (Wildman–Crippen LogP) is 8.23. The number of halogens is 7. The molecule has 9 rings (SSSR count). The van der Waals surface area contributed by atoms with Gasteiger partial charge in [0.25, 0.3) is 0 Å². The maximum absolute atomic E-state index is 13.1. The fourth-order valence-electron chi connectivity index (χ4n) is 6.30. The zero-order chi connectivity index (χ0) is 41.6. The Balaban J connectivity index is 0.000000149. The van der Waals surface area contributed by atoms with Gasteiger partial charge >= 0.3 is 12.4 Å². The van der Waals surface area contributed by atoms with Crippen LogP contribution < -0.4 is 10.6 Å². The second-order valence-corrected chi connectivity index (χ2v) is 13.7. The average Bonchev–Trinajstić information content (AvgIpc) is 4.01. The molecule has 0 saturated carbocycles. The van der Waals surface area contributed by atoms with E-state index in [4.69, 9.17) is 16.3 Å². The Kier molecular flexibility index (Phi) is 12.9. The van der Waals surface area contributed by atoms with Crippen LogP contribution in [-0.4, -0.2) is 64.5 Å². The van der Waals surface area contributed by atoms with Crippen LogP contribution in [0.3, 0.4) is 0 Å². The van der Waals surface area contributed by atoms with Crippen molar-refractivity contribution in [1.29, 1.82) is 0 Å². The van der Waals surface area contributed by atoms with Gasteiger partial charge in [-0.25, -0.2) is 19.9 Å². The average molecular weight is 831 g/mol. The first-order valence-electron chi connectivity index (χ1n) is 18.3. The minimum absolute atomic E-state index is 0.0270. The van der Waals surface area contributed by atoms with Crippen LogP contribution in [0, 0.1) is 0 Å². The van der Waals surface area contributed by atoms with Crippen LogP contribution in [0.4, 0.5) is 37.7 Å². The van der Waals surface area contributed by atoms with Gasteiger partial charge in [0.05, 0.1) is 34.0 Å². The van der Waals surface area contributed by atoms with Crippen LogP contribution in [0.25, 0.3) is 22.1 Å². The van der Waals surface area contributed by atoms with Crippen molar-refractivity contribution in [2.24, 2.45) is 0 Å². The van der Waals surface area contributed by atoms with Crippen molar-refractivity contribution < 1.29 is 40.7 Å². The van der Waals surface area contributed by atoms with Gasteiger partial charge in [-0.1, -0.05) is 25.4 Å². The molecule has 1 atom stereocenters. The number of alkyl halides is 6. The summed E-state index contributed by atoms with van der Waals surface area (Å²) < 4.78 is 84.5. The third-order valence-corrected chi connectivity index (χ3v) is 9.29. The molecule has 2 amide bonds. The highest BCUT2D eigenvalue weighted by molar-refractivity contribution is 6.33. The summed E-state index contributed by atoms with van der Waals surface area (Å²) in [6, 6.07) is 6.48. The van der Waals surface area contributed by atoms with Crippen molar-refractivity contribution in [3.63, 3.8) is 0 Å². The molecule has 3 aliphatic rings. The van der Waals surface area contributed by atoms with Gasteiger partial charge in [0, 0.05) is 50.1 Å². The van der Waals surface area contributed by atoms with Gasteiger partial charge in [-0.15, -0.1) is 0 Å². The summed E-state index contributed by atoms with van der Waals surface area (Å²) in [4.78, 5) is 39.6. The number of benzene rings is 2. The van der Waals surface area contributed by atoms with Crippen molar-refractivity contribution in [3.05, 3.63) is 94.5 Å². The number of aromatic nitrogens is 8. The Labute approximate surface area is 332 Å². The van der Waals surface area contributed by atoms with E-state index < -0.39 is 35.3 Å². The van der Waals surface area contributed by atoms with Crippen molar-refractivity contribution in [2.75, 3.05) is 23.8 Å². The molecular formula is C38H37ClF6N10O3. The molecule has 58 heavy (non-hydrogen) atoms. The second-order valence-electron chi connectivity index (χ2n) is 13.3. The molecule has 0 spiro atoms. The molecule has 3 aliphatic heterocycles. The zero-order valence-electron chi connectivity index (χ0n) is 31.2. The fourth-order valence-corrected chi connectivity index (χ4v) is 6.48. The Bertz CT molecular complexity index is 2400. The third-order valence-electron chi connectivity index (χ3n) is 8.98. The molecule has 306 valence electrons. The van der Waals surface area contributed by atoms with Gasteiger partial charge in [0.2, 0.25) is 11.8 Å². The fraction of sp³-hybridized carbons (Fsp3) is 0.368. The van der Waals surface area contributed by atoms with Crippen LogP contribution in [0.15, 0.2) is 61.4 Å². The molecule has 6 aromatic rings. The van der Waals surface area contributed by atoms with E-state index in [1.54, 1.807) is 10.9 Å². The molecule has 7 heterocycles. The number of nitrogens with zero attached hydrogens (tertiary/aromatic N) is 8. The van der Waals surface area contributed by atoms with Crippen LogP contribution in [0.2, 0.25) is 5.15 Å². The number of aryl methyl sites for hydroxylation is 2.